The Morgan fingerprint density at radius 3 is 2.45 bits per heavy atom. The minimum Gasteiger partial charge on any atom is -0.484 e. The molecule has 0 aliphatic heterocycles. The number of rotatable bonds is 8. The first-order chi connectivity index (χ1) is 14.7. The molecule has 0 aliphatic carbocycles. The van der Waals surface area contributed by atoms with Crippen molar-refractivity contribution in [2.75, 3.05) is 6.61 Å². The van der Waals surface area contributed by atoms with Gasteiger partial charge >= 0.3 is 5.97 Å². The molecule has 0 saturated carbocycles. The van der Waals surface area contributed by atoms with Crippen LogP contribution in [0.3, 0.4) is 0 Å². The van der Waals surface area contributed by atoms with Crippen molar-refractivity contribution in [1.29, 1.82) is 0 Å². The molecule has 1 amide bonds. The number of primary amides is 1. The van der Waals surface area contributed by atoms with Gasteiger partial charge in [0.05, 0.1) is 15.9 Å². The van der Waals surface area contributed by atoms with Crippen LogP contribution in [0.15, 0.2) is 46.2 Å². The van der Waals surface area contributed by atoms with Gasteiger partial charge in [0.15, 0.2) is 18.1 Å². The summed E-state index contributed by atoms with van der Waals surface area (Å²) < 4.78 is 9.40. The lowest BCUT2D eigenvalue weighted by Crippen LogP contribution is -2.20. The first-order valence-corrected chi connectivity index (χ1v) is 9.83. The number of nitrogens with zero attached hydrogens (tertiary/aromatic N) is 5. The molecule has 0 spiro atoms. The lowest BCUT2D eigenvalue weighted by Gasteiger charge is -2.05. The van der Waals surface area contributed by atoms with Crippen molar-refractivity contribution in [2.24, 2.45) is 16.6 Å². The molecule has 4 N–H and O–H groups in total. The van der Waals surface area contributed by atoms with Gasteiger partial charge in [0, 0.05) is 11.8 Å². The fourth-order valence-electron chi connectivity index (χ4n) is 2.57. The molecule has 11 nitrogen and oxygen atoms in total. The maximum absolute atomic E-state index is 12.2. The number of nitrogens with two attached hydrogens (primary N) is 2. The van der Waals surface area contributed by atoms with Gasteiger partial charge in [-0.2, -0.15) is 10.2 Å². The second kappa shape index (κ2) is 9.43. The molecule has 12 heteroatoms. The predicted molar refractivity (Wildman–Crippen MR) is 114 cm³/mol. The molecule has 0 radical (unpaired) electrons. The number of carbonyl (C=O) groups is 2. The smallest absolute Gasteiger partial charge is 0.385 e. The van der Waals surface area contributed by atoms with Gasteiger partial charge in [-0.1, -0.05) is 5.16 Å². The van der Waals surface area contributed by atoms with Crippen molar-refractivity contribution >= 4 is 33.6 Å². The minimum atomic E-state index is -0.752. The topological polar surface area (TPSA) is 153 Å². The number of hydrogen-bond donors (Lipinski definition) is 2. The Labute approximate surface area is 185 Å². The van der Waals surface area contributed by atoms with Crippen molar-refractivity contribution in [1.82, 2.24) is 19.6 Å². The molecule has 0 unspecified atom stereocenters. The molecule has 3 aromatic rings. The molecule has 162 valence electrons. The normalized spacial score (nSPS) is 11.4. The predicted octanol–water partition coefficient (Wildman–Crippen LogP) is 1.31. The third kappa shape index (κ3) is 5.48. The van der Waals surface area contributed by atoms with Gasteiger partial charge < -0.3 is 21.0 Å². The van der Waals surface area contributed by atoms with Crippen LogP contribution in [0, 0.1) is 13.8 Å². The monoisotopic (exact) mass is 489 g/mol. The highest BCUT2D eigenvalue weighted by Gasteiger charge is 2.14. The lowest BCUT2D eigenvalue weighted by atomic mass is 10.2. The molecule has 0 atom stereocenters. The summed E-state index contributed by atoms with van der Waals surface area (Å²) in [4.78, 5) is 27.8. The van der Waals surface area contributed by atoms with Crippen LogP contribution in [0.25, 0.3) is 0 Å². The zero-order valence-corrected chi connectivity index (χ0v) is 18.4. The van der Waals surface area contributed by atoms with E-state index in [1.807, 2.05) is 13.8 Å². The van der Waals surface area contributed by atoms with Crippen LogP contribution in [0.5, 0.6) is 5.75 Å². The van der Waals surface area contributed by atoms with E-state index in [1.54, 1.807) is 39.8 Å². The summed E-state index contributed by atoms with van der Waals surface area (Å²) in [6.45, 7) is 3.92. The summed E-state index contributed by atoms with van der Waals surface area (Å²) in [7, 11) is 0. The Hall–Kier alpha value is -3.67. The number of amidine groups is 1. The maximum Gasteiger partial charge on any atom is 0.385 e. The Bertz CT molecular complexity index is 1130. The second-order valence-corrected chi connectivity index (χ2v) is 7.29. The van der Waals surface area contributed by atoms with E-state index in [2.05, 4.69) is 31.3 Å². The number of aromatic nitrogens is 4. The van der Waals surface area contributed by atoms with E-state index in [-0.39, 0.29) is 18.1 Å². The van der Waals surface area contributed by atoms with Gasteiger partial charge in [0.25, 0.3) is 5.91 Å². The third-order valence-corrected chi connectivity index (χ3v) is 5.33. The summed E-state index contributed by atoms with van der Waals surface area (Å²) in [5, 5.41) is 12.2. The van der Waals surface area contributed by atoms with Crippen LogP contribution < -0.4 is 16.2 Å². The largest absolute Gasteiger partial charge is 0.484 e. The molecule has 0 saturated heterocycles. The number of ether oxygens (including phenoxy) is 1. The highest BCUT2D eigenvalue weighted by molar-refractivity contribution is 9.10. The van der Waals surface area contributed by atoms with Gasteiger partial charge in [-0.15, -0.1) is 0 Å². The summed E-state index contributed by atoms with van der Waals surface area (Å²) in [6.07, 6.45) is 1.64. The van der Waals surface area contributed by atoms with E-state index in [9.17, 15) is 9.59 Å². The molecule has 3 rings (SSSR count). The summed E-state index contributed by atoms with van der Waals surface area (Å²) in [5.41, 5.74) is 13.3. The van der Waals surface area contributed by atoms with E-state index in [0.29, 0.717) is 18.0 Å². The number of halogens is 1. The highest BCUT2D eigenvalue weighted by Crippen LogP contribution is 2.19. The van der Waals surface area contributed by atoms with Crippen LogP contribution in [-0.2, 0) is 16.3 Å². The number of hydrogen-bond acceptors (Lipinski definition) is 7. The summed E-state index contributed by atoms with van der Waals surface area (Å²) >= 11 is 3.47. The summed E-state index contributed by atoms with van der Waals surface area (Å²) in [6, 6.07) is 7.89. The molecular formula is C19H20BrN7O4. The Balaban J connectivity index is 1.60. The van der Waals surface area contributed by atoms with E-state index in [0.717, 1.165) is 15.9 Å². The standard InChI is InChI=1S/C19H20BrN7O4/c1-11-17(20)12(2)27(23-11)10-26-8-7-15(24-26)19(29)31-25-18(22)13-3-5-14(6-4-13)30-9-16(21)28/h3-8H,9-10H2,1-2H3,(H2,21,28)(H2,22,25). The third-order valence-electron chi connectivity index (χ3n) is 4.18. The van der Waals surface area contributed by atoms with E-state index in [4.69, 9.17) is 21.0 Å². The molecule has 2 aromatic heterocycles. The molecule has 0 aliphatic rings. The average molecular weight is 490 g/mol. The van der Waals surface area contributed by atoms with E-state index >= 15 is 0 Å². The Kier molecular flexibility index (Phi) is 6.70. The first-order valence-electron chi connectivity index (χ1n) is 9.04. The molecule has 0 bridgehead atoms. The van der Waals surface area contributed by atoms with Crippen molar-refractivity contribution in [3.05, 3.63) is 63.6 Å². The van der Waals surface area contributed by atoms with Crippen LogP contribution in [0.1, 0.15) is 27.4 Å². The average Bonchev–Trinajstić information content (AvgIpc) is 3.31. The van der Waals surface area contributed by atoms with Crippen LogP contribution >= 0.6 is 15.9 Å². The fourth-order valence-corrected chi connectivity index (χ4v) is 2.85. The minimum absolute atomic E-state index is 0.0123. The number of amides is 1. The number of aryl methyl sites for hydroxylation is 1. The van der Waals surface area contributed by atoms with E-state index < -0.39 is 11.9 Å². The van der Waals surface area contributed by atoms with Crippen molar-refractivity contribution in [3.8, 4) is 5.75 Å². The van der Waals surface area contributed by atoms with E-state index in [1.165, 1.54) is 6.07 Å². The fraction of sp³-hybridized carbons (Fsp3) is 0.211. The zero-order valence-electron chi connectivity index (χ0n) is 16.8. The van der Waals surface area contributed by atoms with Gasteiger partial charge in [-0.3, -0.25) is 9.48 Å². The number of carbonyl (C=O) groups excluding carboxylic acids is 2. The molecule has 0 fully saturated rings. The maximum atomic E-state index is 12.2. The zero-order chi connectivity index (χ0) is 22.5. The lowest BCUT2D eigenvalue weighted by molar-refractivity contribution is -0.119. The van der Waals surface area contributed by atoms with Crippen LogP contribution in [0.2, 0.25) is 0 Å². The molecule has 2 heterocycles. The van der Waals surface area contributed by atoms with Gasteiger partial charge in [0.2, 0.25) is 0 Å². The van der Waals surface area contributed by atoms with Crippen LogP contribution in [-0.4, -0.2) is 43.9 Å². The Morgan fingerprint density at radius 1 is 1.13 bits per heavy atom. The SMILES string of the molecule is Cc1nn(Cn2ccc(C(=O)O/N=C(\N)c3ccc(OCC(N)=O)cc3)n2)c(C)c1Br. The van der Waals surface area contributed by atoms with Crippen molar-refractivity contribution in [2.45, 2.75) is 20.5 Å². The van der Waals surface area contributed by atoms with Crippen molar-refractivity contribution in [3.63, 3.8) is 0 Å². The quantitative estimate of drug-likeness (QED) is 0.209. The molecule has 1 aromatic carbocycles. The Morgan fingerprint density at radius 2 is 1.84 bits per heavy atom. The van der Waals surface area contributed by atoms with Crippen LogP contribution in [0.4, 0.5) is 0 Å². The van der Waals surface area contributed by atoms with Gasteiger partial charge in [-0.05, 0) is 60.1 Å². The van der Waals surface area contributed by atoms with Crippen molar-refractivity contribution < 1.29 is 19.2 Å². The highest BCUT2D eigenvalue weighted by atomic mass is 79.9. The molecular weight excluding hydrogens is 470 g/mol. The number of oxime groups is 1. The molecule has 31 heavy (non-hydrogen) atoms. The van der Waals surface area contributed by atoms with Gasteiger partial charge in [0.1, 0.15) is 12.4 Å². The first kappa shape index (κ1) is 22.0. The second-order valence-electron chi connectivity index (χ2n) is 6.50. The van der Waals surface area contributed by atoms with Gasteiger partial charge in [-0.25, -0.2) is 9.48 Å². The summed E-state index contributed by atoms with van der Waals surface area (Å²) in [5.74, 6) is -0.908. The number of benzene rings is 1.